The lowest BCUT2D eigenvalue weighted by molar-refractivity contribution is -0.999. The minimum absolute atomic E-state index is 0.0587. The number of benzene rings is 1. The summed E-state index contributed by atoms with van der Waals surface area (Å²) >= 11 is 1.41. The van der Waals surface area contributed by atoms with E-state index in [1.807, 2.05) is 30.3 Å². The Morgan fingerprint density at radius 3 is 2.52 bits per heavy atom. The van der Waals surface area contributed by atoms with Gasteiger partial charge in [-0.05, 0) is 18.6 Å². The summed E-state index contributed by atoms with van der Waals surface area (Å²) in [5, 5.41) is 3.52. The molecule has 1 aromatic heterocycles. The van der Waals surface area contributed by atoms with Gasteiger partial charge in [0.2, 0.25) is 0 Å². The lowest BCUT2D eigenvalue weighted by Gasteiger charge is -2.26. The van der Waals surface area contributed by atoms with Gasteiger partial charge in [-0.2, -0.15) is 0 Å². The summed E-state index contributed by atoms with van der Waals surface area (Å²) < 4.78 is 5.17. The molecule has 0 bridgehead atoms. The first-order chi connectivity index (χ1) is 13.1. The Balaban J connectivity index is 1.75. The molecule has 3 rings (SSSR count). The van der Waals surface area contributed by atoms with E-state index < -0.39 is 5.97 Å². The number of likely N-dealkylation sites (N-methyl/N-ethyl adjacent to an activating group) is 1. The number of nitrogens with one attached hydrogen (secondary N) is 3. The summed E-state index contributed by atoms with van der Waals surface area (Å²) in [6, 6.07) is 11.6. The van der Waals surface area contributed by atoms with Crippen molar-refractivity contribution in [2.24, 2.45) is 0 Å². The molecule has 2 aromatic rings. The Morgan fingerprint density at radius 1 is 1.15 bits per heavy atom. The highest BCUT2D eigenvalue weighted by atomic mass is 32.1. The zero-order valence-electron chi connectivity index (χ0n) is 15.8. The molecule has 1 amide bonds. The standard InChI is InChI=1S/C20H25N3O3S/c1-3-26-20(25)16-13-17(15-7-5-4-6-8-15)27-19(16)21-18(24)14-23-11-9-22(2)10-12-23/h4-8,13H,3,9-12,14H2,1-2H3,(H,21,24)/p+2. The minimum atomic E-state index is -0.401. The molecule has 7 heteroatoms. The van der Waals surface area contributed by atoms with Crippen LogP contribution in [0.5, 0.6) is 0 Å². The van der Waals surface area contributed by atoms with Gasteiger partial charge in [0, 0.05) is 4.88 Å². The number of carbonyl (C=O) groups is 2. The molecule has 1 aliphatic heterocycles. The van der Waals surface area contributed by atoms with E-state index in [0.717, 1.165) is 36.6 Å². The third-order valence-corrected chi connectivity index (χ3v) is 5.86. The van der Waals surface area contributed by atoms with Crippen molar-refractivity contribution in [1.29, 1.82) is 0 Å². The zero-order chi connectivity index (χ0) is 19.2. The van der Waals surface area contributed by atoms with E-state index in [9.17, 15) is 9.59 Å². The van der Waals surface area contributed by atoms with Crippen molar-refractivity contribution in [3.05, 3.63) is 42.0 Å². The van der Waals surface area contributed by atoms with Crippen LogP contribution in [0.2, 0.25) is 0 Å². The Hall–Kier alpha value is -2.22. The molecule has 27 heavy (non-hydrogen) atoms. The van der Waals surface area contributed by atoms with Crippen LogP contribution >= 0.6 is 11.3 Å². The predicted octanol–water partition coefficient (Wildman–Crippen LogP) is -0.0565. The molecule has 2 heterocycles. The SMILES string of the molecule is CCOC(=O)c1cc(-c2ccccc2)sc1NC(=O)C[NH+]1CC[NH+](C)CC1. The second kappa shape index (κ2) is 9.12. The number of thiophene rings is 1. The number of quaternary nitrogens is 2. The van der Waals surface area contributed by atoms with E-state index in [1.54, 1.807) is 13.0 Å². The summed E-state index contributed by atoms with van der Waals surface area (Å²) in [7, 11) is 2.18. The molecule has 6 nitrogen and oxygen atoms in total. The zero-order valence-corrected chi connectivity index (χ0v) is 16.7. The van der Waals surface area contributed by atoms with Gasteiger partial charge in [-0.1, -0.05) is 30.3 Å². The fourth-order valence-electron chi connectivity index (χ4n) is 3.19. The molecule has 0 radical (unpaired) electrons. The van der Waals surface area contributed by atoms with Crippen LogP contribution in [0.3, 0.4) is 0 Å². The van der Waals surface area contributed by atoms with Gasteiger partial charge in [0.15, 0.2) is 6.54 Å². The Labute approximate surface area is 163 Å². The second-order valence-electron chi connectivity index (χ2n) is 6.87. The molecule has 0 atom stereocenters. The number of anilines is 1. The van der Waals surface area contributed by atoms with Crippen LogP contribution in [0.4, 0.5) is 5.00 Å². The highest BCUT2D eigenvalue weighted by Crippen LogP contribution is 2.35. The molecule has 144 valence electrons. The van der Waals surface area contributed by atoms with Crippen LogP contribution in [-0.2, 0) is 9.53 Å². The molecule has 0 spiro atoms. The topological polar surface area (TPSA) is 64.3 Å². The number of ether oxygens (including phenoxy) is 1. The van der Waals surface area contributed by atoms with Crippen molar-refractivity contribution in [3.63, 3.8) is 0 Å². The third kappa shape index (κ3) is 5.15. The van der Waals surface area contributed by atoms with Gasteiger partial charge in [-0.15, -0.1) is 11.3 Å². The van der Waals surface area contributed by atoms with Crippen molar-refractivity contribution in [1.82, 2.24) is 0 Å². The van der Waals surface area contributed by atoms with E-state index in [2.05, 4.69) is 12.4 Å². The summed E-state index contributed by atoms with van der Waals surface area (Å²) in [5.41, 5.74) is 1.44. The van der Waals surface area contributed by atoms with Crippen LogP contribution in [0.25, 0.3) is 10.4 Å². The van der Waals surface area contributed by atoms with Crippen molar-refractivity contribution in [3.8, 4) is 10.4 Å². The summed E-state index contributed by atoms with van der Waals surface area (Å²) in [5.74, 6) is -0.460. The normalized spacial score (nSPS) is 19.5. The van der Waals surface area contributed by atoms with Crippen LogP contribution in [-0.4, -0.2) is 58.3 Å². The van der Waals surface area contributed by atoms with E-state index in [0.29, 0.717) is 23.7 Å². The quantitative estimate of drug-likeness (QED) is 0.607. The van der Waals surface area contributed by atoms with Gasteiger partial charge >= 0.3 is 5.97 Å². The highest BCUT2D eigenvalue weighted by molar-refractivity contribution is 7.20. The van der Waals surface area contributed by atoms with Gasteiger partial charge in [0.05, 0.1) is 19.2 Å². The number of piperazine rings is 1. The number of hydrogen-bond donors (Lipinski definition) is 3. The molecule has 0 unspecified atom stereocenters. The smallest absolute Gasteiger partial charge is 0.341 e. The van der Waals surface area contributed by atoms with Crippen molar-refractivity contribution >= 4 is 28.2 Å². The molecule has 3 N–H and O–H groups in total. The number of esters is 1. The summed E-state index contributed by atoms with van der Waals surface area (Å²) in [6.07, 6.45) is 0. The minimum Gasteiger partial charge on any atom is -0.462 e. The Bertz CT molecular complexity index is 783. The average molecular weight is 390 g/mol. The van der Waals surface area contributed by atoms with Gasteiger partial charge in [0.1, 0.15) is 31.2 Å². The van der Waals surface area contributed by atoms with Gasteiger partial charge in [-0.3, -0.25) is 4.79 Å². The molecule has 1 aromatic carbocycles. The first kappa shape index (κ1) is 19.5. The van der Waals surface area contributed by atoms with Gasteiger partial charge < -0.3 is 19.9 Å². The number of carbonyl (C=O) groups excluding carboxylic acids is 2. The van der Waals surface area contributed by atoms with E-state index >= 15 is 0 Å². The molecular formula is C20H27N3O3S+2. The summed E-state index contributed by atoms with van der Waals surface area (Å²) in [6.45, 7) is 6.64. The van der Waals surface area contributed by atoms with E-state index in [4.69, 9.17) is 4.74 Å². The number of hydrogen-bond acceptors (Lipinski definition) is 4. The van der Waals surface area contributed by atoms with Crippen LogP contribution in [0.15, 0.2) is 36.4 Å². The third-order valence-electron chi connectivity index (χ3n) is 4.76. The van der Waals surface area contributed by atoms with Crippen LogP contribution in [0, 0.1) is 0 Å². The fraction of sp³-hybridized carbons (Fsp3) is 0.400. The highest BCUT2D eigenvalue weighted by Gasteiger charge is 2.24. The van der Waals surface area contributed by atoms with E-state index in [1.165, 1.54) is 21.1 Å². The first-order valence-corrected chi connectivity index (χ1v) is 10.2. The van der Waals surface area contributed by atoms with Crippen LogP contribution < -0.4 is 15.1 Å². The van der Waals surface area contributed by atoms with Crippen molar-refractivity contribution < 1.29 is 24.1 Å². The van der Waals surface area contributed by atoms with Crippen LogP contribution in [0.1, 0.15) is 17.3 Å². The Kier molecular flexibility index (Phi) is 6.60. The molecule has 1 saturated heterocycles. The van der Waals surface area contributed by atoms with Gasteiger partial charge in [-0.25, -0.2) is 4.79 Å². The first-order valence-electron chi connectivity index (χ1n) is 9.38. The lowest BCUT2D eigenvalue weighted by atomic mass is 10.1. The maximum absolute atomic E-state index is 12.6. The van der Waals surface area contributed by atoms with Gasteiger partial charge in [0.25, 0.3) is 5.91 Å². The molecule has 1 fully saturated rings. The monoisotopic (exact) mass is 389 g/mol. The second-order valence-corrected chi connectivity index (χ2v) is 7.92. The lowest BCUT2D eigenvalue weighted by Crippen LogP contribution is -3.27. The average Bonchev–Trinajstić information content (AvgIpc) is 3.08. The van der Waals surface area contributed by atoms with Crippen molar-refractivity contribution in [2.45, 2.75) is 6.92 Å². The molecular weight excluding hydrogens is 362 g/mol. The van der Waals surface area contributed by atoms with E-state index in [-0.39, 0.29) is 5.91 Å². The molecule has 0 saturated carbocycles. The molecule has 1 aliphatic rings. The van der Waals surface area contributed by atoms with Crippen molar-refractivity contribution in [2.75, 3.05) is 51.7 Å². The largest absolute Gasteiger partial charge is 0.462 e. The Morgan fingerprint density at radius 2 is 1.85 bits per heavy atom. The summed E-state index contributed by atoms with van der Waals surface area (Å²) in [4.78, 5) is 28.6. The number of rotatable bonds is 6. The predicted molar refractivity (Wildman–Crippen MR) is 107 cm³/mol. The maximum Gasteiger partial charge on any atom is 0.341 e. The molecule has 0 aliphatic carbocycles. The maximum atomic E-state index is 12.6. The number of amides is 1. The fourth-order valence-corrected chi connectivity index (χ4v) is 4.26.